The highest BCUT2D eigenvalue weighted by atomic mass is 32.2. The van der Waals surface area contributed by atoms with Crippen LogP contribution in [0.1, 0.15) is 0 Å². The summed E-state index contributed by atoms with van der Waals surface area (Å²) in [6, 6.07) is -1.55. The van der Waals surface area contributed by atoms with Crippen LogP contribution in [0.15, 0.2) is 0 Å². The quantitative estimate of drug-likeness (QED) is 0.411. The van der Waals surface area contributed by atoms with Crippen molar-refractivity contribution in [1.82, 2.24) is 4.90 Å². The van der Waals surface area contributed by atoms with E-state index in [2.05, 4.69) is 0 Å². The Labute approximate surface area is 121 Å². The number of hydrogen-bond acceptors (Lipinski definition) is 7. The predicted octanol–water partition coefficient (Wildman–Crippen LogP) is -1.35. The Hall–Kier alpha value is -0.880. The van der Waals surface area contributed by atoms with E-state index in [1.807, 2.05) is 0 Å². The van der Waals surface area contributed by atoms with Gasteiger partial charge in [-0.25, -0.2) is 0 Å². The van der Waals surface area contributed by atoms with E-state index in [1.165, 1.54) is 11.8 Å². The maximum atomic E-state index is 10.7. The normalized spacial score (nSPS) is 14.1. The van der Waals surface area contributed by atoms with Crippen molar-refractivity contribution >= 4 is 33.8 Å². The molecule has 2 unspecified atom stereocenters. The highest BCUT2D eigenvalue weighted by Gasteiger charge is 2.20. The maximum absolute atomic E-state index is 10.7. The molecular weight excluding hydrogens is 312 g/mol. The zero-order valence-corrected chi connectivity index (χ0v) is 13.0. The van der Waals surface area contributed by atoms with Crippen molar-refractivity contribution in [2.75, 3.05) is 31.9 Å². The molecule has 0 aliphatic rings. The molecule has 0 radical (unpaired) electrons. The summed E-state index contributed by atoms with van der Waals surface area (Å²) in [6.45, 7) is 0. The second kappa shape index (κ2) is 9.94. The fourth-order valence-corrected chi connectivity index (χ4v) is 2.02. The van der Waals surface area contributed by atoms with Gasteiger partial charge in [0.1, 0.15) is 12.1 Å². The third-order valence-corrected chi connectivity index (χ3v) is 2.94. The zero-order valence-electron chi connectivity index (χ0n) is 11.4. The molecule has 120 valence electrons. The summed E-state index contributed by atoms with van der Waals surface area (Å²) >= 11 is 1.23. The Bertz CT molecular complexity index is 403. The molecule has 20 heavy (non-hydrogen) atoms. The van der Waals surface area contributed by atoms with E-state index in [0.717, 1.165) is 0 Å². The average molecular weight is 332 g/mol. The molecule has 0 saturated heterocycles. The van der Waals surface area contributed by atoms with Crippen molar-refractivity contribution < 1.29 is 32.8 Å². The van der Waals surface area contributed by atoms with E-state index in [9.17, 15) is 18.0 Å². The van der Waals surface area contributed by atoms with Gasteiger partial charge < -0.3 is 15.9 Å². The largest absolute Gasteiger partial charge is 0.480 e. The second-order valence-corrected chi connectivity index (χ2v) is 6.57. The number of carbonyl (C=O) groups is 2. The van der Waals surface area contributed by atoms with Crippen LogP contribution >= 0.6 is 11.8 Å². The topological polar surface area (TPSA) is 158 Å². The molecule has 0 amide bonds. The molecule has 2 atom stereocenters. The van der Waals surface area contributed by atoms with Crippen LogP contribution in [0.4, 0.5) is 0 Å². The average Bonchev–Trinajstić information content (AvgIpc) is 2.20. The van der Waals surface area contributed by atoms with Gasteiger partial charge in [-0.1, -0.05) is 0 Å². The third kappa shape index (κ3) is 15.2. The third-order valence-electron chi connectivity index (χ3n) is 1.80. The molecule has 0 saturated carbocycles. The number of likely N-dealkylation sites (N-methyl/N-ethyl adjacent to an activating group) is 1. The first-order valence-corrected chi connectivity index (χ1v) is 8.24. The molecule has 0 fully saturated rings. The number of aliphatic carboxylic acids is 2. The summed E-state index contributed by atoms with van der Waals surface area (Å²) < 4.78 is 25.9. The number of rotatable bonds is 7. The van der Waals surface area contributed by atoms with Gasteiger partial charge in [-0.3, -0.25) is 19.0 Å². The molecule has 11 heteroatoms. The number of hydrogen-bond donors (Lipinski definition) is 4. The van der Waals surface area contributed by atoms with Crippen molar-refractivity contribution in [3.05, 3.63) is 0 Å². The Morgan fingerprint density at radius 2 is 1.60 bits per heavy atom. The number of thioether (sulfide) groups is 1. The molecule has 0 spiro atoms. The Kier molecular flexibility index (Phi) is 10.6. The zero-order chi connectivity index (χ0) is 16.5. The van der Waals surface area contributed by atoms with Crippen LogP contribution in [-0.2, 0) is 19.7 Å². The van der Waals surface area contributed by atoms with Crippen LogP contribution in [0, 0.1) is 0 Å². The van der Waals surface area contributed by atoms with Gasteiger partial charge in [-0.05, 0) is 14.1 Å². The highest BCUT2D eigenvalue weighted by molar-refractivity contribution is 7.99. The van der Waals surface area contributed by atoms with Gasteiger partial charge >= 0.3 is 11.9 Å². The Morgan fingerprint density at radius 3 is 1.85 bits per heavy atom. The molecule has 0 aromatic heterocycles. The van der Waals surface area contributed by atoms with Crippen molar-refractivity contribution in [2.24, 2.45) is 5.73 Å². The van der Waals surface area contributed by atoms with E-state index < -0.39 is 34.1 Å². The molecule has 0 aromatic carbocycles. The second-order valence-electron chi connectivity index (χ2n) is 4.03. The van der Waals surface area contributed by atoms with Crippen molar-refractivity contribution in [2.45, 2.75) is 12.1 Å². The summed E-state index contributed by atoms with van der Waals surface area (Å²) in [6.07, 6.45) is 0.715. The first-order chi connectivity index (χ1) is 8.86. The standard InChI is InChI=1S/C8H16N2O4S.CH4O3S/c1-10(2)6(8(13)14)4-15-3-5(9)7(11)12;1-5(2,3)4/h5-6H,3-4,9H2,1-2H3,(H,11,12)(H,13,14);1H3,(H,2,3,4). The van der Waals surface area contributed by atoms with Crippen molar-refractivity contribution in [3.63, 3.8) is 0 Å². The van der Waals surface area contributed by atoms with E-state index in [4.69, 9.17) is 20.5 Å². The minimum atomic E-state index is -3.67. The molecule has 0 bridgehead atoms. The smallest absolute Gasteiger partial charge is 0.321 e. The van der Waals surface area contributed by atoms with Crippen molar-refractivity contribution in [3.8, 4) is 0 Å². The number of nitrogens with zero attached hydrogens (tertiary/aromatic N) is 1. The summed E-state index contributed by atoms with van der Waals surface area (Å²) in [5.74, 6) is -1.45. The van der Waals surface area contributed by atoms with E-state index in [1.54, 1.807) is 19.0 Å². The fourth-order valence-electron chi connectivity index (χ4n) is 0.819. The highest BCUT2D eigenvalue weighted by Crippen LogP contribution is 2.08. The first-order valence-electron chi connectivity index (χ1n) is 5.24. The molecule has 5 N–H and O–H groups in total. The summed E-state index contributed by atoms with van der Waals surface area (Å²) in [5, 5.41) is 17.3. The minimum absolute atomic E-state index is 0.215. The van der Waals surface area contributed by atoms with Gasteiger partial charge in [-0.2, -0.15) is 20.2 Å². The lowest BCUT2D eigenvalue weighted by Crippen LogP contribution is -2.39. The van der Waals surface area contributed by atoms with Gasteiger partial charge in [0.15, 0.2) is 0 Å². The number of carboxylic acids is 2. The molecule has 0 heterocycles. The molecule has 0 aliphatic heterocycles. The molecule has 0 aromatic rings. The van der Waals surface area contributed by atoms with Crippen molar-refractivity contribution in [1.29, 1.82) is 0 Å². The minimum Gasteiger partial charge on any atom is -0.480 e. The van der Waals surface area contributed by atoms with Gasteiger partial charge in [0.05, 0.1) is 6.26 Å². The van der Waals surface area contributed by atoms with Gasteiger partial charge in [0.25, 0.3) is 10.1 Å². The van der Waals surface area contributed by atoms with Crippen LogP contribution in [0.25, 0.3) is 0 Å². The van der Waals surface area contributed by atoms with Gasteiger partial charge in [0, 0.05) is 11.5 Å². The van der Waals surface area contributed by atoms with Crippen LogP contribution < -0.4 is 5.73 Å². The van der Waals surface area contributed by atoms with E-state index >= 15 is 0 Å². The van der Waals surface area contributed by atoms with Crippen LogP contribution in [0.2, 0.25) is 0 Å². The summed E-state index contributed by atoms with van der Waals surface area (Å²) in [5.41, 5.74) is 5.27. The Morgan fingerprint density at radius 1 is 1.20 bits per heavy atom. The molecule has 0 rings (SSSR count). The van der Waals surface area contributed by atoms with Crippen LogP contribution in [-0.4, -0.2) is 84.0 Å². The Balaban J connectivity index is 0. The van der Waals surface area contributed by atoms with E-state index in [0.29, 0.717) is 12.0 Å². The summed E-state index contributed by atoms with van der Waals surface area (Å²) in [4.78, 5) is 22.7. The molecule has 0 aliphatic carbocycles. The molecule has 9 nitrogen and oxygen atoms in total. The lowest BCUT2D eigenvalue weighted by molar-refractivity contribution is -0.141. The molecular formula is C9H20N2O7S2. The lowest BCUT2D eigenvalue weighted by Gasteiger charge is -2.19. The number of nitrogens with two attached hydrogens (primary N) is 1. The number of carboxylic acid groups (broad SMARTS) is 2. The maximum Gasteiger partial charge on any atom is 0.321 e. The van der Waals surface area contributed by atoms with Gasteiger partial charge in [0.2, 0.25) is 0 Å². The van der Waals surface area contributed by atoms with Crippen LogP contribution in [0.5, 0.6) is 0 Å². The lowest BCUT2D eigenvalue weighted by atomic mass is 10.3. The summed E-state index contributed by atoms with van der Waals surface area (Å²) in [7, 11) is -0.340. The van der Waals surface area contributed by atoms with Crippen LogP contribution in [0.3, 0.4) is 0 Å². The SMILES string of the molecule is CN(C)C(CSCC(N)C(=O)O)C(=O)O.CS(=O)(=O)O. The fraction of sp³-hybridized carbons (Fsp3) is 0.778. The first kappa shape index (κ1) is 21.4. The monoisotopic (exact) mass is 332 g/mol. The van der Waals surface area contributed by atoms with Gasteiger partial charge in [-0.15, -0.1) is 0 Å². The predicted molar refractivity (Wildman–Crippen MR) is 75.5 cm³/mol. The van der Waals surface area contributed by atoms with E-state index in [-0.39, 0.29) is 5.75 Å².